The number of aliphatic imine (C=N–C) groups is 1. The van der Waals surface area contributed by atoms with Crippen molar-refractivity contribution in [2.45, 2.75) is 6.92 Å². The molecule has 0 saturated heterocycles. The number of anilines is 1. The van der Waals surface area contributed by atoms with E-state index in [0.29, 0.717) is 11.5 Å². The lowest BCUT2D eigenvalue weighted by Crippen LogP contribution is -2.32. The molecule has 3 aromatic rings. The van der Waals surface area contributed by atoms with E-state index in [9.17, 15) is 4.79 Å². The lowest BCUT2D eigenvalue weighted by atomic mass is 10.1. The Morgan fingerprint density at radius 1 is 0.889 bits per heavy atom. The molecule has 0 aromatic heterocycles. The summed E-state index contributed by atoms with van der Waals surface area (Å²) in [4.78, 5) is 19.5. The molecule has 1 amide bonds. The van der Waals surface area contributed by atoms with Crippen molar-refractivity contribution in [3.8, 4) is 0 Å². The topological polar surface area (TPSA) is 32.7 Å². The second-order valence-corrected chi connectivity index (χ2v) is 7.27. The predicted molar refractivity (Wildman–Crippen MR) is 114 cm³/mol. The predicted octanol–water partition coefficient (Wildman–Crippen LogP) is 5.59. The van der Waals surface area contributed by atoms with Gasteiger partial charge in [-0.05, 0) is 42.8 Å². The average molecular weight is 417 g/mol. The van der Waals surface area contributed by atoms with Crippen molar-refractivity contribution in [2.75, 3.05) is 4.90 Å². The fraction of sp³-hybridized carbons (Fsp3) is 0.0435. The zero-order valence-corrected chi connectivity index (χ0v) is 16.3. The van der Waals surface area contributed by atoms with Crippen LogP contribution in [0, 0.1) is 6.92 Å². The number of nitrogens with zero attached hydrogens (tertiary/aromatic N) is 2. The van der Waals surface area contributed by atoms with Gasteiger partial charge in [0.05, 0.1) is 5.69 Å². The molecule has 0 bridgehead atoms. The molecular formula is C23H17BrN2O. The van der Waals surface area contributed by atoms with Gasteiger partial charge in [0.1, 0.15) is 11.5 Å². The molecule has 0 atom stereocenters. The van der Waals surface area contributed by atoms with Gasteiger partial charge in [0.2, 0.25) is 0 Å². The minimum absolute atomic E-state index is 0.124. The normalized spacial score (nSPS) is 15.3. The van der Waals surface area contributed by atoms with Crippen molar-refractivity contribution in [2.24, 2.45) is 4.99 Å². The van der Waals surface area contributed by atoms with Gasteiger partial charge < -0.3 is 0 Å². The first kappa shape index (κ1) is 17.4. The van der Waals surface area contributed by atoms with Crippen LogP contribution >= 0.6 is 15.9 Å². The standard InChI is InChI=1S/C23H17BrN2O/c1-16-7-13-20(14-8-16)26-22(18-5-3-2-4-6-18)25-21(23(26)27)15-17-9-11-19(24)12-10-17/h2-15H,1H3. The van der Waals surface area contributed by atoms with E-state index in [1.807, 2.05) is 91.9 Å². The number of aryl methyl sites for hydroxylation is 1. The Morgan fingerprint density at radius 2 is 1.56 bits per heavy atom. The molecule has 4 heteroatoms. The van der Waals surface area contributed by atoms with Crippen molar-refractivity contribution >= 4 is 39.4 Å². The minimum Gasteiger partial charge on any atom is -0.266 e. The maximum absolute atomic E-state index is 13.2. The van der Waals surface area contributed by atoms with Crippen LogP contribution in [0.25, 0.3) is 6.08 Å². The number of hydrogen-bond acceptors (Lipinski definition) is 2. The van der Waals surface area contributed by atoms with Gasteiger partial charge in [-0.1, -0.05) is 76.1 Å². The number of amidine groups is 1. The van der Waals surface area contributed by atoms with Crippen LogP contribution in [-0.4, -0.2) is 11.7 Å². The summed E-state index contributed by atoms with van der Waals surface area (Å²) in [6.45, 7) is 2.03. The summed E-state index contributed by atoms with van der Waals surface area (Å²) >= 11 is 3.43. The van der Waals surface area contributed by atoms with Crippen LogP contribution in [0.4, 0.5) is 5.69 Å². The highest BCUT2D eigenvalue weighted by Gasteiger charge is 2.32. The van der Waals surface area contributed by atoms with Crippen LogP contribution in [0.3, 0.4) is 0 Å². The van der Waals surface area contributed by atoms with Crippen molar-refractivity contribution in [1.82, 2.24) is 0 Å². The third kappa shape index (κ3) is 3.62. The van der Waals surface area contributed by atoms with E-state index in [1.165, 1.54) is 0 Å². The molecule has 0 N–H and O–H groups in total. The van der Waals surface area contributed by atoms with E-state index in [2.05, 4.69) is 20.9 Å². The van der Waals surface area contributed by atoms with Crippen LogP contribution in [0.1, 0.15) is 16.7 Å². The zero-order valence-electron chi connectivity index (χ0n) is 14.8. The molecule has 0 saturated carbocycles. The zero-order chi connectivity index (χ0) is 18.8. The Bertz CT molecular complexity index is 1040. The van der Waals surface area contributed by atoms with E-state index in [-0.39, 0.29) is 5.91 Å². The highest BCUT2D eigenvalue weighted by atomic mass is 79.9. The fourth-order valence-electron chi connectivity index (χ4n) is 2.95. The van der Waals surface area contributed by atoms with Crippen LogP contribution in [0.2, 0.25) is 0 Å². The van der Waals surface area contributed by atoms with Gasteiger partial charge in [-0.15, -0.1) is 0 Å². The first-order valence-corrected chi connectivity index (χ1v) is 9.43. The molecule has 1 heterocycles. The summed E-state index contributed by atoms with van der Waals surface area (Å²) in [6.07, 6.45) is 1.83. The molecule has 0 aliphatic carbocycles. The number of carbonyl (C=O) groups is 1. The van der Waals surface area contributed by atoms with Crippen LogP contribution < -0.4 is 4.90 Å². The van der Waals surface area contributed by atoms with Crippen molar-refractivity contribution < 1.29 is 4.79 Å². The third-order valence-electron chi connectivity index (χ3n) is 4.36. The second-order valence-electron chi connectivity index (χ2n) is 6.36. The van der Waals surface area contributed by atoms with Crippen molar-refractivity contribution in [3.63, 3.8) is 0 Å². The lowest BCUT2D eigenvalue weighted by molar-refractivity contribution is -0.113. The highest BCUT2D eigenvalue weighted by Crippen LogP contribution is 2.28. The fourth-order valence-corrected chi connectivity index (χ4v) is 3.21. The summed E-state index contributed by atoms with van der Waals surface area (Å²) in [5.41, 5.74) is 4.23. The minimum atomic E-state index is -0.124. The Labute approximate surface area is 166 Å². The number of halogens is 1. The number of amides is 1. The van der Waals surface area contributed by atoms with E-state index >= 15 is 0 Å². The van der Waals surface area contributed by atoms with Gasteiger partial charge in [-0.2, -0.15) is 0 Å². The summed E-state index contributed by atoms with van der Waals surface area (Å²) < 4.78 is 0.997. The summed E-state index contributed by atoms with van der Waals surface area (Å²) in [5.74, 6) is 0.522. The number of benzene rings is 3. The second kappa shape index (κ2) is 7.33. The van der Waals surface area contributed by atoms with Gasteiger partial charge >= 0.3 is 0 Å². The Kier molecular flexibility index (Phi) is 4.73. The smallest absolute Gasteiger partial charge is 0.266 e. The highest BCUT2D eigenvalue weighted by molar-refractivity contribution is 9.10. The first-order chi connectivity index (χ1) is 13.1. The first-order valence-electron chi connectivity index (χ1n) is 8.64. The van der Waals surface area contributed by atoms with Gasteiger partial charge in [0.25, 0.3) is 5.91 Å². The Balaban J connectivity index is 1.80. The molecule has 0 radical (unpaired) electrons. The van der Waals surface area contributed by atoms with Gasteiger partial charge in [-0.3, -0.25) is 9.69 Å². The molecule has 4 rings (SSSR count). The van der Waals surface area contributed by atoms with Crippen LogP contribution in [-0.2, 0) is 4.79 Å². The van der Waals surface area contributed by atoms with Crippen molar-refractivity contribution in [3.05, 3.63) is 106 Å². The quantitative estimate of drug-likeness (QED) is 0.512. The average Bonchev–Trinajstić information content (AvgIpc) is 3.01. The number of carbonyl (C=O) groups excluding carboxylic acids is 1. The Hall–Kier alpha value is -2.98. The molecule has 3 aromatic carbocycles. The molecular weight excluding hydrogens is 400 g/mol. The maximum atomic E-state index is 13.2. The van der Waals surface area contributed by atoms with Gasteiger partial charge in [0, 0.05) is 10.0 Å². The maximum Gasteiger partial charge on any atom is 0.282 e. The van der Waals surface area contributed by atoms with E-state index in [1.54, 1.807) is 4.90 Å². The molecule has 0 unspecified atom stereocenters. The summed E-state index contributed by atoms with van der Waals surface area (Å²) in [5, 5.41) is 0. The SMILES string of the molecule is Cc1ccc(N2C(=O)C(=Cc3ccc(Br)cc3)N=C2c2ccccc2)cc1. The molecule has 0 fully saturated rings. The molecule has 132 valence electrons. The molecule has 1 aliphatic rings. The van der Waals surface area contributed by atoms with Crippen molar-refractivity contribution in [1.29, 1.82) is 0 Å². The van der Waals surface area contributed by atoms with Gasteiger partial charge in [-0.25, -0.2) is 4.99 Å². The monoisotopic (exact) mass is 416 g/mol. The van der Waals surface area contributed by atoms with E-state index in [0.717, 1.165) is 26.9 Å². The van der Waals surface area contributed by atoms with Crippen LogP contribution in [0.5, 0.6) is 0 Å². The summed E-state index contributed by atoms with van der Waals surface area (Å²) in [6, 6.07) is 25.5. The van der Waals surface area contributed by atoms with E-state index in [4.69, 9.17) is 0 Å². The van der Waals surface area contributed by atoms with E-state index < -0.39 is 0 Å². The molecule has 3 nitrogen and oxygen atoms in total. The third-order valence-corrected chi connectivity index (χ3v) is 4.89. The largest absolute Gasteiger partial charge is 0.282 e. The molecule has 27 heavy (non-hydrogen) atoms. The lowest BCUT2D eigenvalue weighted by Gasteiger charge is -2.18. The molecule has 1 aliphatic heterocycles. The summed E-state index contributed by atoms with van der Waals surface area (Å²) in [7, 11) is 0. The van der Waals surface area contributed by atoms with Gasteiger partial charge in [0.15, 0.2) is 0 Å². The number of rotatable bonds is 3. The Morgan fingerprint density at radius 3 is 2.22 bits per heavy atom. The molecule has 0 spiro atoms. The number of hydrogen-bond donors (Lipinski definition) is 0. The van der Waals surface area contributed by atoms with Crippen LogP contribution in [0.15, 0.2) is 94.0 Å².